The summed E-state index contributed by atoms with van der Waals surface area (Å²) in [6, 6.07) is 5.26. The van der Waals surface area contributed by atoms with Crippen LogP contribution in [0.3, 0.4) is 0 Å². The number of rotatable bonds is 4. The molecule has 0 aliphatic carbocycles. The van der Waals surface area contributed by atoms with E-state index >= 15 is 0 Å². The second-order valence-electron chi connectivity index (χ2n) is 4.38. The number of hydrogen-bond acceptors (Lipinski definition) is 3. The molecule has 17 heavy (non-hydrogen) atoms. The van der Waals surface area contributed by atoms with Crippen LogP contribution in [-0.2, 0) is 0 Å². The Morgan fingerprint density at radius 3 is 2.71 bits per heavy atom. The van der Waals surface area contributed by atoms with E-state index in [1.807, 2.05) is 6.07 Å². The Morgan fingerprint density at radius 1 is 1.41 bits per heavy atom. The van der Waals surface area contributed by atoms with E-state index < -0.39 is 0 Å². The van der Waals surface area contributed by atoms with Crippen molar-refractivity contribution in [2.75, 3.05) is 19.6 Å². The van der Waals surface area contributed by atoms with Gasteiger partial charge in [-0.3, -0.25) is 4.90 Å². The monoisotopic (exact) mass is 275 g/mol. The maximum atomic E-state index is 9.22. The van der Waals surface area contributed by atoms with E-state index in [9.17, 15) is 5.11 Å². The molecular formula is C12H15Cl2NO2. The van der Waals surface area contributed by atoms with Crippen LogP contribution in [0, 0.1) is 0 Å². The third kappa shape index (κ3) is 3.49. The maximum Gasteiger partial charge on any atom is 0.124 e. The fourth-order valence-electron chi connectivity index (χ4n) is 1.86. The molecule has 2 rings (SSSR count). The lowest BCUT2D eigenvalue weighted by molar-refractivity contribution is -0.00429. The van der Waals surface area contributed by atoms with Crippen molar-refractivity contribution in [3.05, 3.63) is 28.2 Å². The number of hydrogen-bond donors (Lipinski definition) is 1. The normalized spacial score (nSPS) is 18.8. The molecule has 1 aromatic rings. The minimum atomic E-state index is -0.291. The number of benzene rings is 1. The molecule has 1 heterocycles. The zero-order valence-electron chi connectivity index (χ0n) is 9.57. The van der Waals surface area contributed by atoms with Crippen molar-refractivity contribution in [3.8, 4) is 5.75 Å². The number of aliphatic hydroxyl groups excluding tert-OH is 1. The Hall–Kier alpha value is -0.480. The van der Waals surface area contributed by atoms with Gasteiger partial charge in [-0.1, -0.05) is 23.2 Å². The molecule has 0 unspecified atom stereocenters. The van der Waals surface area contributed by atoms with Crippen LogP contribution in [-0.4, -0.2) is 41.8 Å². The number of β-amino-alcohol motifs (C(OH)–C–C–N with tert-alkyl or cyclic N) is 1. The van der Waals surface area contributed by atoms with Crippen LogP contribution in [0.15, 0.2) is 18.2 Å². The summed E-state index contributed by atoms with van der Waals surface area (Å²) in [5.74, 6) is 0.737. The Morgan fingerprint density at radius 2 is 2.12 bits per heavy atom. The van der Waals surface area contributed by atoms with E-state index in [1.54, 1.807) is 19.1 Å². The highest BCUT2D eigenvalue weighted by Crippen LogP contribution is 2.27. The molecule has 1 fully saturated rings. The first-order valence-corrected chi connectivity index (χ1v) is 6.32. The lowest BCUT2D eigenvalue weighted by Gasteiger charge is -2.39. The van der Waals surface area contributed by atoms with Crippen LogP contribution in [0.4, 0.5) is 0 Å². The van der Waals surface area contributed by atoms with E-state index in [0.29, 0.717) is 16.6 Å². The minimum Gasteiger partial charge on any atom is -0.488 e. The van der Waals surface area contributed by atoms with Gasteiger partial charge in [-0.15, -0.1) is 0 Å². The Balaban J connectivity index is 1.81. The van der Waals surface area contributed by atoms with Crippen LogP contribution in [0.25, 0.3) is 0 Å². The largest absolute Gasteiger partial charge is 0.488 e. The molecule has 3 nitrogen and oxygen atoms in total. The molecular weight excluding hydrogens is 261 g/mol. The first kappa shape index (κ1) is 13.0. The summed E-state index contributed by atoms with van der Waals surface area (Å²) in [6.45, 7) is 4.16. The molecule has 1 aliphatic heterocycles. The van der Waals surface area contributed by atoms with E-state index in [0.717, 1.165) is 18.8 Å². The highest BCUT2D eigenvalue weighted by Gasteiger charge is 2.28. The van der Waals surface area contributed by atoms with Gasteiger partial charge in [0.1, 0.15) is 11.9 Å². The summed E-state index contributed by atoms with van der Waals surface area (Å²) in [5.41, 5.74) is 0. The highest BCUT2D eigenvalue weighted by molar-refractivity contribution is 6.42. The average Bonchev–Trinajstić information content (AvgIpc) is 2.19. The number of ether oxygens (including phenoxy) is 1. The first-order chi connectivity index (χ1) is 8.04. The maximum absolute atomic E-state index is 9.22. The highest BCUT2D eigenvalue weighted by atomic mass is 35.5. The summed E-state index contributed by atoms with van der Waals surface area (Å²) in [6.07, 6.45) is -0.119. The smallest absolute Gasteiger partial charge is 0.124 e. The Bertz CT molecular complexity index is 392. The number of nitrogens with zero attached hydrogens (tertiary/aromatic N) is 1. The third-order valence-electron chi connectivity index (χ3n) is 2.64. The first-order valence-electron chi connectivity index (χ1n) is 5.56. The van der Waals surface area contributed by atoms with Crippen molar-refractivity contribution in [1.82, 2.24) is 4.90 Å². The molecule has 1 aliphatic rings. The SMILES string of the molecule is C[C@@H](O)CN1CC(Oc2ccc(Cl)c(Cl)c2)C1. The van der Waals surface area contributed by atoms with Crippen molar-refractivity contribution in [2.24, 2.45) is 0 Å². The summed E-state index contributed by atoms with van der Waals surface area (Å²) in [7, 11) is 0. The fraction of sp³-hybridized carbons (Fsp3) is 0.500. The van der Waals surface area contributed by atoms with Gasteiger partial charge in [0.2, 0.25) is 0 Å². The Kier molecular flexibility index (Phi) is 4.15. The van der Waals surface area contributed by atoms with E-state index in [-0.39, 0.29) is 12.2 Å². The molecule has 0 saturated carbocycles. The zero-order chi connectivity index (χ0) is 12.4. The van der Waals surface area contributed by atoms with Crippen molar-refractivity contribution in [2.45, 2.75) is 19.1 Å². The number of aliphatic hydroxyl groups is 1. The average molecular weight is 276 g/mol. The van der Waals surface area contributed by atoms with Crippen molar-refractivity contribution < 1.29 is 9.84 Å². The molecule has 5 heteroatoms. The van der Waals surface area contributed by atoms with Gasteiger partial charge in [0.15, 0.2) is 0 Å². The van der Waals surface area contributed by atoms with Gasteiger partial charge in [-0.2, -0.15) is 0 Å². The van der Waals surface area contributed by atoms with Gasteiger partial charge in [0.05, 0.1) is 16.1 Å². The van der Waals surface area contributed by atoms with Gasteiger partial charge in [-0.05, 0) is 19.1 Å². The molecule has 0 radical (unpaired) electrons. The molecule has 1 N–H and O–H groups in total. The standard InChI is InChI=1S/C12H15Cl2NO2/c1-8(16)5-15-6-10(7-15)17-9-2-3-11(13)12(14)4-9/h2-4,8,10,16H,5-7H2,1H3/t8-/m1/s1. The molecule has 1 saturated heterocycles. The molecule has 1 atom stereocenters. The summed E-state index contributed by atoms with van der Waals surface area (Å²) < 4.78 is 5.73. The molecule has 0 spiro atoms. The molecule has 94 valence electrons. The van der Waals surface area contributed by atoms with E-state index in [1.165, 1.54) is 0 Å². The molecule has 1 aromatic carbocycles. The predicted octanol–water partition coefficient (Wildman–Crippen LogP) is 2.44. The van der Waals surface area contributed by atoms with Crippen LogP contribution < -0.4 is 4.74 Å². The van der Waals surface area contributed by atoms with Crippen LogP contribution >= 0.6 is 23.2 Å². The van der Waals surface area contributed by atoms with Gasteiger partial charge < -0.3 is 9.84 Å². The fourth-order valence-corrected chi connectivity index (χ4v) is 2.15. The molecule has 0 aromatic heterocycles. The van der Waals surface area contributed by atoms with E-state index in [4.69, 9.17) is 27.9 Å². The van der Waals surface area contributed by atoms with Crippen molar-refractivity contribution >= 4 is 23.2 Å². The zero-order valence-corrected chi connectivity index (χ0v) is 11.1. The van der Waals surface area contributed by atoms with E-state index in [2.05, 4.69) is 4.90 Å². The van der Waals surface area contributed by atoms with Crippen LogP contribution in [0.1, 0.15) is 6.92 Å². The van der Waals surface area contributed by atoms with Gasteiger partial charge in [0, 0.05) is 25.7 Å². The summed E-state index contributed by atoms with van der Waals surface area (Å²) in [5, 5.41) is 10.3. The van der Waals surface area contributed by atoms with Gasteiger partial charge >= 0.3 is 0 Å². The van der Waals surface area contributed by atoms with Crippen LogP contribution in [0.2, 0.25) is 10.0 Å². The quantitative estimate of drug-likeness (QED) is 0.916. The summed E-state index contributed by atoms with van der Waals surface area (Å²) in [4.78, 5) is 2.15. The second kappa shape index (κ2) is 5.44. The van der Waals surface area contributed by atoms with Crippen LogP contribution in [0.5, 0.6) is 5.75 Å². The molecule has 0 bridgehead atoms. The second-order valence-corrected chi connectivity index (χ2v) is 5.20. The Labute approximate surface area is 111 Å². The van der Waals surface area contributed by atoms with Crippen molar-refractivity contribution in [1.29, 1.82) is 0 Å². The van der Waals surface area contributed by atoms with Crippen molar-refractivity contribution in [3.63, 3.8) is 0 Å². The minimum absolute atomic E-state index is 0.172. The molecule has 0 amide bonds. The number of halogens is 2. The predicted molar refractivity (Wildman–Crippen MR) is 69.0 cm³/mol. The lowest BCUT2D eigenvalue weighted by Crippen LogP contribution is -2.55. The van der Waals surface area contributed by atoms with Gasteiger partial charge in [-0.25, -0.2) is 0 Å². The topological polar surface area (TPSA) is 32.7 Å². The summed E-state index contributed by atoms with van der Waals surface area (Å²) >= 11 is 11.7. The number of likely N-dealkylation sites (tertiary alicyclic amines) is 1. The van der Waals surface area contributed by atoms with Gasteiger partial charge in [0.25, 0.3) is 0 Å². The third-order valence-corrected chi connectivity index (χ3v) is 3.38. The lowest BCUT2D eigenvalue weighted by atomic mass is 10.1.